The lowest BCUT2D eigenvalue weighted by molar-refractivity contribution is 0.0939. The van der Waals surface area contributed by atoms with Crippen molar-refractivity contribution in [3.63, 3.8) is 0 Å². The number of nitrogens with two attached hydrogens (primary N) is 1. The molecule has 0 bridgehead atoms. The average molecular weight is 245 g/mol. The molecule has 1 aromatic heterocycles. The van der Waals surface area contributed by atoms with Crippen molar-refractivity contribution in [2.45, 2.75) is 13.0 Å². The molecule has 0 saturated heterocycles. The monoisotopic (exact) mass is 245 g/mol. The molecule has 0 aliphatic rings. The first-order chi connectivity index (χ1) is 7.28. The number of hydrogen-bond acceptors (Lipinski definition) is 4. The van der Waals surface area contributed by atoms with Crippen LogP contribution in [0.2, 0.25) is 0 Å². The van der Waals surface area contributed by atoms with E-state index in [4.69, 9.17) is 5.73 Å². The van der Waals surface area contributed by atoms with E-state index in [0.717, 1.165) is 6.26 Å². The number of carbonyl (C=O) groups is 1. The third kappa shape index (κ3) is 3.93. The van der Waals surface area contributed by atoms with E-state index >= 15 is 0 Å². The van der Waals surface area contributed by atoms with Crippen molar-refractivity contribution in [2.24, 2.45) is 0 Å². The number of rotatable bonds is 4. The molecule has 4 N–H and O–H groups in total. The fraction of sp³-hybridized carbons (Fsp3) is 0.444. The molecule has 0 saturated carbocycles. The highest BCUT2D eigenvalue weighted by Gasteiger charge is 2.15. The van der Waals surface area contributed by atoms with Crippen LogP contribution in [0.25, 0.3) is 0 Å². The first-order valence-electron chi connectivity index (χ1n) is 4.70. The lowest BCUT2D eigenvalue weighted by Crippen LogP contribution is -2.37. The summed E-state index contributed by atoms with van der Waals surface area (Å²) >= 11 is 0. The molecule has 1 atom stereocenters. The van der Waals surface area contributed by atoms with Gasteiger partial charge in [-0.05, 0) is 13.0 Å². The summed E-state index contributed by atoms with van der Waals surface area (Å²) in [6, 6.07) is 1.05. The number of aromatic nitrogens is 1. The van der Waals surface area contributed by atoms with Gasteiger partial charge < -0.3 is 16.0 Å². The number of anilines is 1. The molecule has 0 radical (unpaired) electrons. The van der Waals surface area contributed by atoms with E-state index in [-0.39, 0.29) is 11.7 Å². The molecule has 1 aromatic rings. The fourth-order valence-corrected chi connectivity index (χ4v) is 2.33. The topological polar surface area (TPSA) is 105 Å². The summed E-state index contributed by atoms with van der Waals surface area (Å²) in [5.41, 5.74) is 6.22. The van der Waals surface area contributed by atoms with Crippen LogP contribution in [0.3, 0.4) is 0 Å². The van der Waals surface area contributed by atoms with Crippen molar-refractivity contribution >= 4 is 21.4 Å². The number of sulfone groups is 1. The summed E-state index contributed by atoms with van der Waals surface area (Å²) in [5.74, 6) is -0.456. The second kappa shape index (κ2) is 4.56. The highest BCUT2D eigenvalue weighted by molar-refractivity contribution is 7.90. The van der Waals surface area contributed by atoms with Crippen molar-refractivity contribution in [1.82, 2.24) is 10.3 Å². The minimum atomic E-state index is -3.10. The summed E-state index contributed by atoms with van der Waals surface area (Å²) in [5, 5.41) is 2.56. The van der Waals surface area contributed by atoms with Crippen molar-refractivity contribution in [1.29, 1.82) is 0 Å². The van der Waals surface area contributed by atoms with Crippen LogP contribution in [0.15, 0.2) is 12.3 Å². The van der Waals surface area contributed by atoms with Gasteiger partial charge in [0.05, 0.1) is 5.75 Å². The molecular weight excluding hydrogens is 230 g/mol. The smallest absolute Gasteiger partial charge is 0.268 e. The molecule has 0 aliphatic heterocycles. The van der Waals surface area contributed by atoms with Crippen LogP contribution in [-0.4, -0.2) is 37.4 Å². The van der Waals surface area contributed by atoms with Crippen molar-refractivity contribution in [3.05, 3.63) is 18.0 Å². The first-order valence-corrected chi connectivity index (χ1v) is 6.76. The Morgan fingerprint density at radius 3 is 2.69 bits per heavy atom. The van der Waals surface area contributed by atoms with E-state index in [1.807, 2.05) is 0 Å². The number of hydrogen-bond donors (Lipinski definition) is 3. The summed E-state index contributed by atoms with van der Waals surface area (Å²) in [6.07, 6.45) is 2.62. The summed E-state index contributed by atoms with van der Waals surface area (Å²) < 4.78 is 22.0. The number of nitrogens with one attached hydrogen (secondary N) is 2. The maximum absolute atomic E-state index is 11.6. The molecule has 1 rings (SSSR count). The Kier molecular flexibility index (Phi) is 3.58. The molecular formula is C9H15N3O3S. The van der Waals surface area contributed by atoms with Crippen LogP contribution in [0.5, 0.6) is 0 Å². The van der Waals surface area contributed by atoms with Crippen LogP contribution >= 0.6 is 0 Å². The van der Waals surface area contributed by atoms with Gasteiger partial charge in [-0.1, -0.05) is 0 Å². The third-order valence-corrected chi connectivity index (χ3v) is 2.99. The maximum atomic E-state index is 11.6. The molecule has 0 fully saturated rings. The van der Waals surface area contributed by atoms with Crippen LogP contribution < -0.4 is 11.1 Å². The predicted octanol–water partition coefficient (Wildman–Crippen LogP) is -0.240. The first kappa shape index (κ1) is 12.6. The maximum Gasteiger partial charge on any atom is 0.268 e. The number of nitrogen functional groups attached to an aromatic ring is 1. The van der Waals surface area contributed by atoms with Gasteiger partial charge in [0.25, 0.3) is 5.91 Å². The standard InChI is InChI=1S/C9H15N3O3S/c1-6(5-16(2,14)15)12-9(13)8-3-7(10)4-11-8/h3-4,6,11H,5,10H2,1-2H3,(H,12,13). The lowest BCUT2D eigenvalue weighted by Gasteiger charge is -2.11. The van der Waals surface area contributed by atoms with Crippen molar-refractivity contribution in [2.75, 3.05) is 17.7 Å². The van der Waals surface area contributed by atoms with Crippen LogP contribution in [0.4, 0.5) is 5.69 Å². The van der Waals surface area contributed by atoms with E-state index in [1.54, 1.807) is 6.92 Å². The Labute approximate surface area is 94.1 Å². The minimum absolute atomic E-state index is 0.0884. The zero-order chi connectivity index (χ0) is 12.3. The van der Waals surface area contributed by atoms with Gasteiger partial charge in [0.2, 0.25) is 0 Å². The van der Waals surface area contributed by atoms with E-state index in [1.165, 1.54) is 12.3 Å². The van der Waals surface area contributed by atoms with Gasteiger partial charge in [-0.3, -0.25) is 4.79 Å². The third-order valence-electron chi connectivity index (χ3n) is 1.88. The van der Waals surface area contributed by atoms with E-state index in [0.29, 0.717) is 11.4 Å². The summed E-state index contributed by atoms with van der Waals surface area (Å²) in [4.78, 5) is 14.2. The predicted molar refractivity (Wildman–Crippen MR) is 61.8 cm³/mol. The highest BCUT2D eigenvalue weighted by atomic mass is 32.2. The van der Waals surface area contributed by atoms with Crippen LogP contribution in [0, 0.1) is 0 Å². The van der Waals surface area contributed by atoms with Gasteiger partial charge in [0, 0.05) is 24.2 Å². The minimum Gasteiger partial charge on any atom is -0.397 e. The van der Waals surface area contributed by atoms with Gasteiger partial charge in [0.15, 0.2) is 0 Å². The van der Waals surface area contributed by atoms with Gasteiger partial charge >= 0.3 is 0 Å². The second-order valence-electron chi connectivity index (χ2n) is 3.81. The van der Waals surface area contributed by atoms with Crippen molar-refractivity contribution in [3.8, 4) is 0 Å². The quantitative estimate of drug-likeness (QED) is 0.680. The Morgan fingerprint density at radius 1 is 1.62 bits per heavy atom. The number of carbonyl (C=O) groups excluding carboxylic acids is 1. The molecule has 6 nitrogen and oxygen atoms in total. The van der Waals surface area contributed by atoms with E-state index < -0.39 is 15.9 Å². The molecule has 0 spiro atoms. The van der Waals surface area contributed by atoms with Gasteiger partial charge in [0.1, 0.15) is 15.5 Å². The molecule has 16 heavy (non-hydrogen) atoms. The van der Waals surface area contributed by atoms with Gasteiger partial charge in [-0.25, -0.2) is 8.42 Å². The molecule has 0 aliphatic carbocycles. The normalized spacial score (nSPS) is 13.4. The molecule has 1 amide bonds. The number of H-pyrrole nitrogens is 1. The largest absolute Gasteiger partial charge is 0.397 e. The average Bonchev–Trinajstić information content (AvgIpc) is 2.47. The zero-order valence-electron chi connectivity index (χ0n) is 9.15. The van der Waals surface area contributed by atoms with E-state index in [9.17, 15) is 13.2 Å². The van der Waals surface area contributed by atoms with Crippen LogP contribution in [0.1, 0.15) is 17.4 Å². The van der Waals surface area contributed by atoms with E-state index in [2.05, 4.69) is 10.3 Å². The lowest BCUT2D eigenvalue weighted by atomic mass is 10.3. The van der Waals surface area contributed by atoms with Crippen molar-refractivity contribution < 1.29 is 13.2 Å². The zero-order valence-corrected chi connectivity index (χ0v) is 9.97. The van der Waals surface area contributed by atoms with Gasteiger partial charge in [-0.15, -0.1) is 0 Å². The van der Waals surface area contributed by atoms with Crippen LogP contribution in [-0.2, 0) is 9.84 Å². The van der Waals surface area contributed by atoms with Gasteiger partial charge in [-0.2, -0.15) is 0 Å². The molecule has 1 unspecified atom stereocenters. The Balaban J connectivity index is 2.58. The SMILES string of the molecule is CC(CS(C)(=O)=O)NC(=O)c1cc(N)c[nH]1. The summed E-state index contributed by atoms with van der Waals surface area (Å²) in [6.45, 7) is 1.63. The number of aromatic amines is 1. The summed E-state index contributed by atoms with van der Waals surface area (Å²) in [7, 11) is -3.10. The second-order valence-corrected chi connectivity index (χ2v) is 6.00. The molecule has 90 valence electrons. The fourth-order valence-electron chi connectivity index (χ4n) is 1.34. The Morgan fingerprint density at radius 2 is 2.25 bits per heavy atom. The highest BCUT2D eigenvalue weighted by Crippen LogP contribution is 2.04. The molecule has 0 aromatic carbocycles. The molecule has 1 heterocycles. The Bertz CT molecular complexity index is 478. The Hall–Kier alpha value is -1.50. The molecule has 7 heteroatoms. The number of amides is 1.